The lowest BCUT2D eigenvalue weighted by Gasteiger charge is -2.19. The minimum Gasteiger partial charge on any atom is -0.367 e. The van der Waals surface area contributed by atoms with Crippen LogP contribution in [-0.2, 0) is 0 Å². The molecule has 1 aliphatic heterocycles. The van der Waals surface area contributed by atoms with Gasteiger partial charge in [-0.1, -0.05) is 13.0 Å². The molecule has 0 unspecified atom stereocenters. The minimum atomic E-state index is 0.482. The number of pyridine rings is 1. The molecule has 16 heavy (non-hydrogen) atoms. The zero-order valence-electron chi connectivity index (χ0n) is 10.2. The zero-order chi connectivity index (χ0) is 11.4. The number of hydrogen-bond donors (Lipinski definition) is 2. The third-order valence-electron chi connectivity index (χ3n) is 3.27. The SMILES string of the molecule is CC[C@H](C)Nc1ncccc1[C@@H]1CCCN1. The van der Waals surface area contributed by atoms with Gasteiger partial charge in [0, 0.05) is 23.8 Å². The summed E-state index contributed by atoms with van der Waals surface area (Å²) in [6.07, 6.45) is 5.47. The van der Waals surface area contributed by atoms with Gasteiger partial charge in [0.15, 0.2) is 0 Å². The molecule has 1 aliphatic rings. The van der Waals surface area contributed by atoms with Gasteiger partial charge in [-0.15, -0.1) is 0 Å². The highest BCUT2D eigenvalue weighted by Gasteiger charge is 2.19. The van der Waals surface area contributed by atoms with Crippen LogP contribution in [0.4, 0.5) is 5.82 Å². The molecule has 0 radical (unpaired) electrons. The van der Waals surface area contributed by atoms with Crippen LogP contribution in [0.25, 0.3) is 0 Å². The molecule has 1 aromatic heterocycles. The van der Waals surface area contributed by atoms with Gasteiger partial charge in [-0.05, 0) is 38.8 Å². The number of hydrogen-bond acceptors (Lipinski definition) is 3. The van der Waals surface area contributed by atoms with Gasteiger partial charge in [0.05, 0.1) is 0 Å². The summed E-state index contributed by atoms with van der Waals surface area (Å²) in [5.41, 5.74) is 1.32. The molecule has 2 heterocycles. The molecular weight excluding hydrogens is 198 g/mol. The number of nitrogens with zero attached hydrogens (tertiary/aromatic N) is 1. The van der Waals surface area contributed by atoms with Gasteiger partial charge < -0.3 is 10.6 Å². The Labute approximate surface area is 97.7 Å². The Bertz CT molecular complexity index is 332. The van der Waals surface area contributed by atoms with Gasteiger partial charge in [-0.2, -0.15) is 0 Å². The molecule has 1 saturated heterocycles. The molecule has 2 N–H and O–H groups in total. The monoisotopic (exact) mass is 219 g/mol. The highest BCUT2D eigenvalue weighted by Crippen LogP contribution is 2.27. The van der Waals surface area contributed by atoms with Crippen LogP contribution in [0.15, 0.2) is 18.3 Å². The minimum absolute atomic E-state index is 0.482. The highest BCUT2D eigenvalue weighted by atomic mass is 15.0. The summed E-state index contributed by atoms with van der Waals surface area (Å²) in [6.45, 7) is 5.51. The molecule has 1 fully saturated rings. The quantitative estimate of drug-likeness (QED) is 0.817. The average Bonchev–Trinajstić information content (AvgIpc) is 2.83. The summed E-state index contributed by atoms with van der Waals surface area (Å²) in [4.78, 5) is 4.46. The van der Waals surface area contributed by atoms with Crippen molar-refractivity contribution < 1.29 is 0 Å². The second-order valence-corrected chi connectivity index (χ2v) is 4.54. The summed E-state index contributed by atoms with van der Waals surface area (Å²) >= 11 is 0. The van der Waals surface area contributed by atoms with Gasteiger partial charge in [0.1, 0.15) is 5.82 Å². The van der Waals surface area contributed by atoms with Crippen LogP contribution in [-0.4, -0.2) is 17.6 Å². The lowest BCUT2D eigenvalue weighted by molar-refractivity contribution is 0.643. The Hall–Kier alpha value is -1.09. The molecule has 3 heteroatoms. The maximum Gasteiger partial charge on any atom is 0.130 e. The van der Waals surface area contributed by atoms with Crippen molar-refractivity contribution in [2.75, 3.05) is 11.9 Å². The van der Waals surface area contributed by atoms with Crippen LogP contribution in [0.1, 0.15) is 44.7 Å². The first-order valence-electron chi connectivity index (χ1n) is 6.26. The first kappa shape index (κ1) is 11.4. The van der Waals surface area contributed by atoms with Crippen LogP contribution in [0.3, 0.4) is 0 Å². The van der Waals surface area contributed by atoms with Crippen LogP contribution < -0.4 is 10.6 Å². The van der Waals surface area contributed by atoms with Crippen molar-refractivity contribution in [3.63, 3.8) is 0 Å². The van der Waals surface area contributed by atoms with E-state index in [0.717, 1.165) is 18.8 Å². The van der Waals surface area contributed by atoms with E-state index < -0.39 is 0 Å². The summed E-state index contributed by atoms with van der Waals surface area (Å²) < 4.78 is 0. The largest absolute Gasteiger partial charge is 0.367 e. The summed E-state index contributed by atoms with van der Waals surface area (Å²) in [6, 6.07) is 5.17. The predicted octanol–water partition coefficient (Wildman–Crippen LogP) is 2.72. The van der Waals surface area contributed by atoms with Crippen LogP contribution in [0, 0.1) is 0 Å². The van der Waals surface area contributed by atoms with Crippen molar-refractivity contribution in [3.8, 4) is 0 Å². The van der Waals surface area contributed by atoms with Crippen molar-refractivity contribution in [1.82, 2.24) is 10.3 Å². The fourth-order valence-electron chi connectivity index (χ4n) is 2.10. The highest BCUT2D eigenvalue weighted by molar-refractivity contribution is 5.46. The predicted molar refractivity (Wildman–Crippen MR) is 67.6 cm³/mol. The molecular formula is C13H21N3. The van der Waals surface area contributed by atoms with Crippen molar-refractivity contribution >= 4 is 5.82 Å². The first-order valence-corrected chi connectivity index (χ1v) is 6.26. The van der Waals surface area contributed by atoms with Crippen LogP contribution in [0.2, 0.25) is 0 Å². The van der Waals surface area contributed by atoms with E-state index in [-0.39, 0.29) is 0 Å². The Morgan fingerprint density at radius 2 is 2.50 bits per heavy atom. The second-order valence-electron chi connectivity index (χ2n) is 4.54. The van der Waals surface area contributed by atoms with Gasteiger partial charge in [0.25, 0.3) is 0 Å². The van der Waals surface area contributed by atoms with Crippen molar-refractivity contribution in [2.45, 2.75) is 45.2 Å². The second kappa shape index (κ2) is 5.30. The molecule has 0 aromatic carbocycles. The summed E-state index contributed by atoms with van der Waals surface area (Å²) in [7, 11) is 0. The molecule has 2 rings (SSSR count). The third-order valence-corrected chi connectivity index (χ3v) is 3.27. The van der Waals surface area contributed by atoms with Crippen LogP contribution >= 0.6 is 0 Å². The van der Waals surface area contributed by atoms with E-state index in [2.05, 4.69) is 35.5 Å². The topological polar surface area (TPSA) is 37.0 Å². The van der Waals surface area contributed by atoms with E-state index in [0.29, 0.717) is 12.1 Å². The van der Waals surface area contributed by atoms with Crippen molar-refractivity contribution in [3.05, 3.63) is 23.9 Å². The molecule has 0 aliphatic carbocycles. The van der Waals surface area contributed by atoms with Crippen molar-refractivity contribution in [2.24, 2.45) is 0 Å². The van der Waals surface area contributed by atoms with E-state index in [1.54, 1.807) is 0 Å². The Morgan fingerprint density at radius 3 is 3.19 bits per heavy atom. The van der Waals surface area contributed by atoms with E-state index in [1.807, 2.05) is 12.3 Å². The normalized spacial score (nSPS) is 22.0. The molecule has 1 aromatic rings. The average molecular weight is 219 g/mol. The number of anilines is 1. The lowest BCUT2D eigenvalue weighted by atomic mass is 10.1. The maximum absolute atomic E-state index is 4.46. The van der Waals surface area contributed by atoms with E-state index in [9.17, 15) is 0 Å². The van der Waals surface area contributed by atoms with Gasteiger partial charge in [0.2, 0.25) is 0 Å². The Balaban J connectivity index is 2.16. The fourth-order valence-corrected chi connectivity index (χ4v) is 2.10. The smallest absolute Gasteiger partial charge is 0.130 e. The van der Waals surface area contributed by atoms with Crippen LogP contribution in [0.5, 0.6) is 0 Å². The number of aromatic nitrogens is 1. The molecule has 3 nitrogen and oxygen atoms in total. The summed E-state index contributed by atoms with van der Waals surface area (Å²) in [5, 5.41) is 7.01. The standard InChI is InChI=1S/C13H21N3/c1-3-10(2)16-13-11(6-4-9-15-13)12-7-5-8-14-12/h4,6,9-10,12,14H,3,5,7-8H2,1-2H3,(H,15,16)/t10-,12-/m0/s1. The molecule has 0 bridgehead atoms. The van der Waals surface area contributed by atoms with Gasteiger partial charge in [-0.3, -0.25) is 0 Å². The van der Waals surface area contributed by atoms with Gasteiger partial charge in [-0.25, -0.2) is 4.98 Å². The van der Waals surface area contributed by atoms with Gasteiger partial charge >= 0.3 is 0 Å². The maximum atomic E-state index is 4.46. The number of nitrogens with one attached hydrogen (secondary N) is 2. The first-order chi connectivity index (χ1) is 7.81. The van der Waals surface area contributed by atoms with E-state index >= 15 is 0 Å². The third kappa shape index (κ3) is 2.53. The molecule has 0 saturated carbocycles. The zero-order valence-corrected chi connectivity index (χ0v) is 10.2. The molecule has 0 spiro atoms. The van der Waals surface area contributed by atoms with E-state index in [1.165, 1.54) is 18.4 Å². The molecule has 2 atom stereocenters. The Kier molecular flexibility index (Phi) is 3.78. The number of rotatable bonds is 4. The molecule has 88 valence electrons. The van der Waals surface area contributed by atoms with Crippen molar-refractivity contribution in [1.29, 1.82) is 0 Å². The Morgan fingerprint density at radius 1 is 1.62 bits per heavy atom. The fraction of sp³-hybridized carbons (Fsp3) is 0.615. The van der Waals surface area contributed by atoms with E-state index in [4.69, 9.17) is 0 Å². The molecule has 0 amide bonds. The summed E-state index contributed by atoms with van der Waals surface area (Å²) in [5.74, 6) is 1.05. The lowest BCUT2D eigenvalue weighted by Crippen LogP contribution is -2.19.